The number of benzene rings is 1. The Morgan fingerprint density at radius 2 is 1.94 bits per heavy atom. The van der Waals surface area contributed by atoms with Gasteiger partial charge in [-0.1, -0.05) is 30.3 Å². The molecule has 2 aliphatic heterocycles. The molecule has 1 unspecified atom stereocenters. The molecule has 2 aliphatic rings. The molecule has 3 heteroatoms. The molecule has 1 aromatic rings. The third-order valence-corrected chi connectivity index (χ3v) is 4.30. The summed E-state index contributed by atoms with van der Waals surface area (Å²) >= 11 is 0. The number of nitrogens with zero attached hydrogens (tertiary/aromatic N) is 2. The van der Waals surface area contributed by atoms with Crippen LogP contribution < -0.4 is 5.32 Å². The van der Waals surface area contributed by atoms with Gasteiger partial charge in [0.05, 0.1) is 0 Å². The summed E-state index contributed by atoms with van der Waals surface area (Å²) in [4.78, 5) is 5.26. The number of hydrogen-bond donors (Lipinski definition) is 1. The molecule has 1 aromatic carbocycles. The molecule has 18 heavy (non-hydrogen) atoms. The van der Waals surface area contributed by atoms with E-state index in [1.165, 1.54) is 38.3 Å². The largest absolute Gasteiger partial charge is 0.314 e. The van der Waals surface area contributed by atoms with E-state index < -0.39 is 0 Å². The van der Waals surface area contributed by atoms with Crippen LogP contribution in [-0.2, 0) is 6.54 Å². The van der Waals surface area contributed by atoms with Gasteiger partial charge < -0.3 is 5.32 Å². The van der Waals surface area contributed by atoms with Crippen LogP contribution in [0.5, 0.6) is 0 Å². The van der Waals surface area contributed by atoms with Gasteiger partial charge >= 0.3 is 0 Å². The van der Waals surface area contributed by atoms with E-state index in [0.717, 1.165) is 12.6 Å². The Kier molecular flexibility index (Phi) is 3.64. The summed E-state index contributed by atoms with van der Waals surface area (Å²) in [6, 6.07) is 12.3. The van der Waals surface area contributed by atoms with Crippen molar-refractivity contribution in [2.75, 3.05) is 32.7 Å². The standard InChI is InChI=1S/C15H23N3/c1-13-11-18(15-9-16-10-15)8-7-17(13)12-14-5-3-2-4-6-14/h2-6,13,15-16H,7-12H2,1H3. The van der Waals surface area contributed by atoms with E-state index >= 15 is 0 Å². The van der Waals surface area contributed by atoms with Crippen LogP contribution in [0, 0.1) is 0 Å². The fourth-order valence-corrected chi connectivity index (χ4v) is 2.94. The van der Waals surface area contributed by atoms with E-state index in [0.29, 0.717) is 6.04 Å². The van der Waals surface area contributed by atoms with Crippen molar-refractivity contribution in [3.05, 3.63) is 35.9 Å². The van der Waals surface area contributed by atoms with Gasteiger partial charge in [-0.3, -0.25) is 9.80 Å². The van der Waals surface area contributed by atoms with Gasteiger partial charge in [-0.05, 0) is 12.5 Å². The average Bonchev–Trinajstić information content (AvgIpc) is 2.32. The summed E-state index contributed by atoms with van der Waals surface area (Å²) in [6.07, 6.45) is 0. The first kappa shape index (κ1) is 12.2. The van der Waals surface area contributed by atoms with Gasteiger partial charge in [0.15, 0.2) is 0 Å². The second-order valence-corrected chi connectivity index (χ2v) is 5.61. The maximum Gasteiger partial charge on any atom is 0.0346 e. The molecule has 2 saturated heterocycles. The van der Waals surface area contributed by atoms with Crippen LogP contribution in [0.15, 0.2) is 30.3 Å². The van der Waals surface area contributed by atoms with Crippen LogP contribution in [0.1, 0.15) is 12.5 Å². The van der Waals surface area contributed by atoms with Crippen molar-refractivity contribution in [2.24, 2.45) is 0 Å². The zero-order valence-electron chi connectivity index (χ0n) is 11.2. The van der Waals surface area contributed by atoms with Crippen molar-refractivity contribution < 1.29 is 0 Å². The van der Waals surface area contributed by atoms with Crippen molar-refractivity contribution in [1.29, 1.82) is 0 Å². The molecule has 1 N–H and O–H groups in total. The van der Waals surface area contributed by atoms with Crippen molar-refractivity contribution in [3.63, 3.8) is 0 Å². The molecule has 0 saturated carbocycles. The van der Waals surface area contributed by atoms with Gasteiger partial charge in [0.2, 0.25) is 0 Å². The molecule has 0 radical (unpaired) electrons. The van der Waals surface area contributed by atoms with Crippen LogP contribution in [0.2, 0.25) is 0 Å². The fraction of sp³-hybridized carbons (Fsp3) is 0.600. The first-order valence-corrected chi connectivity index (χ1v) is 7.05. The summed E-state index contributed by atoms with van der Waals surface area (Å²) < 4.78 is 0. The first-order chi connectivity index (χ1) is 8.83. The van der Waals surface area contributed by atoms with E-state index in [2.05, 4.69) is 52.4 Å². The minimum absolute atomic E-state index is 0.666. The minimum Gasteiger partial charge on any atom is -0.314 e. The molecule has 0 bridgehead atoms. The Labute approximate surface area is 110 Å². The van der Waals surface area contributed by atoms with Gasteiger partial charge in [-0.25, -0.2) is 0 Å². The molecule has 0 aromatic heterocycles. The molecule has 2 heterocycles. The van der Waals surface area contributed by atoms with Gasteiger partial charge in [-0.15, -0.1) is 0 Å². The van der Waals surface area contributed by atoms with Crippen molar-refractivity contribution in [2.45, 2.75) is 25.6 Å². The topological polar surface area (TPSA) is 18.5 Å². The van der Waals surface area contributed by atoms with Crippen molar-refractivity contribution >= 4 is 0 Å². The summed E-state index contributed by atoms with van der Waals surface area (Å²) in [6.45, 7) is 9.48. The molecule has 1 atom stereocenters. The number of nitrogens with one attached hydrogen (secondary N) is 1. The molecule has 98 valence electrons. The quantitative estimate of drug-likeness (QED) is 0.862. The molecule has 0 spiro atoms. The van der Waals surface area contributed by atoms with Gasteiger partial charge in [0, 0.05) is 51.4 Å². The Hall–Kier alpha value is -0.900. The van der Waals surface area contributed by atoms with Crippen LogP contribution >= 0.6 is 0 Å². The van der Waals surface area contributed by atoms with Crippen LogP contribution in [0.3, 0.4) is 0 Å². The predicted molar refractivity (Wildman–Crippen MR) is 74.5 cm³/mol. The van der Waals surface area contributed by atoms with Gasteiger partial charge in [-0.2, -0.15) is 0 Å². The summed E-state index contributed by atoms with van der Waals surface area (Å²) in [5.41, 5.74) is 1.43. The smallest absolute Gasteiger partial charge is 0.0346 e. The highest BCUT2D eigenvalue weighted by Crippen LogP contribution is 2.16. The number of rotatable bonds is 3. The highest BCUT2D eigenvalue weighted by atomic mass is 15.3. The van der Waals surface area contributed by atoms with E-state index in [1.54, 1.807) is 0 Å². The summed E-state index contributed by atoms with van der Waals surface area (Å²) in [5.74, 6) is 0. The fourth-order valence-electron chi connectivity index (χ4n) is 2.94. The second kappa shape index (κ2) is 5.39. The maximum atomic E-state index is 3.37. The monoisotopic (exact) mass is 245 g/mol. The lowest BCUT2D eigenvalue weighted by Crippen LogP contribution is -2.63. The maximum absolute atomic E-state index is 3.37. The molecule has 3 nitrogen and oxygen atoms in total. The summed E-state index contributed by atoms with van der Waals surface area (Å²) in [7, 11) is 0. The lowest BCUT2D eigenvalue weighted by atomic mass is 10.1. The normalized spacial score (nSPS) is 27.1. The Bertz CT molecular complexity index is 375. The molecule has 2 fully saturated rings. The molecular formula is C15H23N3. The average molecular weight is 245 g/mol. The van der Waals surface area contributed by atoms with Crippen LogP contribution in [0.4, 0.5) is 0 Å². The third kappa shape index (κ3) is 2.58. The van der Waals surface area contributed by atoms with Crippen molar-refractivity contribution in [1.82, 2.24) is 15.1 Å². The third-order valence-electron chi connectivity index (χ3n) is 4.30. The Morgan fingerprint density at radius 3 is 2.56 bits per heavy atom. The molecule has 0 amide bonds. The van der Waals surface area contributed by atoms with Crippen LogP contribution in [-0.4, -0.2) is 54.6 Å². The zero-order chi connectivity index (χ0) is 12.4. The Balaban J connectivity index is 1.55. The lowest BCUT2D eigenvalue weighted by molar-refractivity contribution is 0.0346. The highest BCUT2D eigenvalue weighted by Gasteiger charge is 2.30. The lowest BCUT2D eigenvalue weighted by Gasteiger charge is -2.46. The van der Waals surface area contributed by atoms with Gasteiger partial charge in [0.25, 0.3) is 0 Å². The SMILES string of the molecule is CC1CN(C2CNC2)CCN1Cc1ccccc1. The number of hydrogen-bond acceptors (Lipinski definition) is 3. The molecule has 3 rings (SSSR count). The van der Waals surface area contributed by atoms with E-state index in [9.17, 15) is 0 Å². The van der Waals surface area contributed by atoms with Crippen molar-refractivity contribution in [3.8, 4) is 0 Å². The van der Waals surface area contributed by atoms with E-state index in [1.807, 2.05) is 0 Å². The number of piperazine rings is 1. The minimum atomic E-state index is 0.666. The zero-order valence-corrected chi connectivity index (χ0v) is 11.2. The first-order valence-electron chi connectivity index (χ1n) is 7.05. The summed E-state index contributed by atoms with van der Waals surface area (Å²) in [5, 5.41) is 3.37. The van der Waals surface area contributed by atoms with E-state index in [4.69, 9.17) is 0 Å². The van der Waals surface area contributed by atoms with Gasteiger partial charge in [0.1, 0.15) is 0 Å². The second-order valence-electron chi connectivity index (χ2n) is 5.61. The van der Waals surface area contributed by atoms with Crippen LogP contribution in [0.25, 0.3) is 0 Å². The van der Waals surface area contributed by atoms with E-state index in [-0.39, 0.29) is 0 Å². The molecular weight excluding hydrogens is 222 g/mol. The highest BCUT2D eigenvalue weighted by molar-refractivity contribution is 5.14. The Morgan fingerprint density at radius 1 is 1.17 bits per heavy atom. The molecule has 0 aliphatic carbocycles. The predicted octanol–water partition coefficient (Wildman–Crippen LogP) is 1.16.